The van der Waals surface area contributed by atoms with Crippen molar-refractivity contribution in [1.82, 2.24) is 25.3 Å². The maximum Gasteiger partial charge on any atom is 0.236 e. The normalized spacial score (nSPS) is 15.5. The van der Waals surface area contributed by atoms with Gasteiger partial charge in [0.15, 0.2) is 0 Å². The molecule has 3 heterocycles. The zero-order chi connectivity index (χ0) is 15.4. The molecule has 0 aromatic carbocycles. The highest BCUT2D eigenvalue weighted by Gasteiger charge is 2.18. The maximum atomic E-state index is 12.3. The van der Waals surface area contributed by atoms with Crippen LogP contribution in [0.1, 0.15) is 5.56 Å². The van der Waals surface area contributed by atoms with E-state index in [0.29, 0.717) is 13.1 Å². The highest BCUT2D eigenvalue weighted by atomic mass is 32.1. The van der Waals surface area contributed by atoms with Crippen molar-refractivity contribution in [3.05, 3.63) is 28.6 Å². The summed E-state index contributed by atoms with van der Waals surface area (Å²) >= 11 is 1.67. The average Bonchev–Trinajstić information content (AvgIpc) is 3.18. The van der Waals surface area contributed by atoms with Crippen molar-refractivity contribution in [2.45, 2.75) is 6.54 Å². The van der Waals surface area contributed by atoms with Crippen LogP contribution in [0, 0.1) is 0 Å². The first-order valence-electron chi connectivity index (χ1n) is 7.46. The standard InChI is InChI=1S/C15H21N5OS/c1-19(10-14(21)20-5-3-16-4-6-20)9-13-8-17-18-15(13)12-2-7-22-11-12/h2,7-8,11,16H,3-6,9-10H2,1H3,(H,17,18). The molecule has 1 saturated heterocycles. The average molecular weight is 319 g/mol. The summed E-state index contributed by atoms with van der Waals surface area (Å²) in [6.07, 6.45) is 1.85. The molecule has 1 fully saturated rings. The fourth-order valence-electron chi connectivity index (χ4n) is 2.68. The monoisotopic (exact) mass is 319 g/mol. The minimum atomic E-state index is 0.199. The second kappa shape index (κ2) is 7.04. The van der Waals surface area contributed by atoms with E-state index < -0.39 is 0 Å². The molecule has 2 aromatic rings. The molecule has 7 heteroatoms. The van der Waals surface area contributed by atoms with Crippen molar-refractivity contribution < 1.29 is 4.79 Å². The summed E-state index contributed by atoms with van der Waals surface area (Å²) in [7, 11) is 1.98. The van der Waals surface area contributed by atoms with Crippen LogP contribution in [-0.2, 0) is 11.3 Å². The molecule has 1 aliphatic rings. The third-order valence-electron chi connectivity index (χ3n) is 3.84. The third kappa shape index (κ3) is 3.55. The smallest absolute Gasteiger partial charge is 0.236 e. The molecular formula is C15H21N5OS. The number of thiophene rings is 1. The minimum absolute atomic E-state index is 0.199. The number of likely N-dealkylation sites (N-methyl/N-ethyl adjacent to an activating group) is 1. The number of hydrogen-bond donors (Lipinski definition) is 2. The quantitative estimate of drug-likeness (QED) is 0.863. The molecule has 1 aliphatic heterocycles. The lowest BCUT2D eigenvalue weighted by Gasteiger charge is -2.29. The van der Waals surface area contributed by atoms with E-state index in [1.165, 1.54) is 0 Å². The predicted octanol–water partition coefficient (Wildman–Crippen LogP) is 1.00. The lowest BCUT2D eigenvalue weighted by atomic mass is 10.1. The molecule has 2 N–H and O–H groups in total. The molecule has 2 aromatic heterocycles. The summed E-state index contributed by atoms with van der Waals surface area (Å²) in [6, 6.07) is 2.08. The second-order valence-electron chi connectivity index (χ2n) is 5.59. The van der Waals surface area contributed by atoms with Crippen LogP contribution in [0.2, 0.25) is 0 Å². The first-order chi connectivity index (χ1) is 10.7. The van der Waals surface area contributed by atoms with Gasteiger partial charge in [0.2, 0.25) is 5.91 Å². The fourth-order valence-corrected chi connectivity index (χ4v) is 3.33. The molecular weight excluding hydrogens is 298 g/mol. The van der Waals surface area contributed by atoms with Gasteiger partial charge >= 0.3 is 0 Å². The Morgan fingerprint density at radius 3 is 3.00 bits per heavy atom. The van der Waals surface area contributed by atoms with E-state index in [2.05, 4.69) is 32.3 Å². The number of aromatic amines is 1. The number of carbonyl (C=O) groups is 1. The third-order valence-corrected chi connectivity index (χ3v) is 4.53. The Morgan fingerprint density at radius 1 is 1.45 bits per heavy atom. The fraction of sp³-hybridized carbons (Fsp3) is 0.467. The lowest BCUT2D eigenvalue weighted by Crippen LogP contribution is -2.49. The molecule has 6 nitrogen and oxygen atoms in total. The predicted molar refractivity (Wildman–Crippen MR) is 87.7 cm³/mol. The zero-order valence-corrected chi connectivity index (χ0v) is 13.5. The summed E-state index contributed by atoms with van der Waals surface area (Å²) in [5.74, 6) is 0.199. The van der Waals surface area contributed by atoms with Gasteiger partial charge in [0, 0.05) is 49.2 Å². The summed E-state index contributed by atoms with van der Waals surface area (Å²) in [5, 5.41) is 14.6. The first-order valence-corrected chi connectivity index (χ1v) is 8.40. The van der Waals surface area contributed by atoms with Crippen molar-refractivity contribution in [2.75, 3.05) is 39.8 Å². The minimum Gasteiger partial charge on any atom is -0.339 e. The van der Waals surface area contributed by atoms with E-state index in [0.717, 1.165) is 43.0 Å². The number of piperazine rings is 1. The number of nitrogens with one attached hydrogen (secondary N) is 2. The molecule has 118 valence electrons. The van der Waals surface area contributed by atoms with E-state index in [1.807, 2.05) is 23.0 Å². The van der Waals surface area contributed by atoms with Gasteiger partial charge in [-0.15, -0.1) is 0 Å². The van der Waals surface area contributed by atoms with Gasteiger partial charge in [-0.25, -0.2) is 0 Å². The Bertz CT molecular complexity index is 603. The molecule has 0 unspecified atom stereocenters. The van der Waals surface area contributed by atoms with E-state index >= 15 is 0 Å². The number of amides is 1. The number of aromatic nitrogens is 2. The van der Waals surface area contributed by atoms with Crippen LogP contribution in [0.4, 0.5) is 0 Å². The van der Waals surface area contributed by atoms with Gasteiger partial charge < -0.3 is 10.2 Å². The molecule has 0 saturated carbocycles. The van der Waals surface area contributed by atoms with Crippen LogP contribution in [0.5, 0.6) is 0 Å². The number of carbonyl (C=O) groups excluding carboxylic acids is 1. The number of H-pyrrole nitrogens is 1. The number of hydrogen-bond acceptors (Lipinski definition) is 5. The van der Waals surface area contributed by atoms with E-state index in [9.17, 15) is 4.79 Å². The second-order valence-corrected chi connectivity index (χ2v) is 6.37. The Kier molecular flexibility index (Phi) is 4.87. The maximum absolute atomic E-state index is 12.3. The highest BCUT2D eigenvalue weighted by Crippen LogP contribution is 2.24. The molecule has 0 atom stereocenters. The van der Waals surface area contributed by atoms with Gasteiger partial charge in [0.1, 0.15) is 0 Å². The summed E-state index contributed by atoms with van der Waals surface area (Å²) in [4.78, 5) is 16.3. The van der Waals surface area contributed by atoms with Crippen LogP contribution in [0.3, 0.4) is 0 Å². The SMILES string of the molecule is CN(CC(=O)N1CCNCC1)Cc1cn[nH]c1-c1ccsc1. The number of nitrogens with zero attached hydrogens (tertiary/aromatic N) is 3. The van der Waals surface area contributed by atoms with Crippen LogP contribution in [0.25, 0.3) is 11.3 Å². The Labute approximate surface area is 134 Å². The summed E-state index contributed by atoms with van der Waals surface area (Å²) < 4.78 is 0. The summed E-state index contributed by atoms with van der Waals surface area (Å²) in [5.41, 5.74) is 3.32. The largest absolute Gasteiger partial charge is 0.339 e. The van der Waals surface area contributed by atoms with Crippen molar-refractivity contribution >= 4 is 17.2 Å². The van der Waals surface area contributed by atoms with E-state index in [-0.39, 0.29) is 5.91 Å². The van der Waals surface area contributed by atoms with Crippen LogP contribution < -0.4 is 5.32 Å². The van der Waals surface area contributed by atoms with Gasteiger partial charge in [-0.1, -0.05) is 0 Å². The van der Waals surface area contributed by atoms with E-state index in [4.69, 9.17) is 0 Å². The van der Waals surface area contributed by atoms with Crippen LogP contribution >= 0.6 is 11.3 Å². The Morgan fingerprint density at radius 2 is 2.27 bits per heavy atom. The van der Waals surface area contributed by atoms with Gasteiger partial charge in [-0.3, -0.25) is 14.8 Å². The van der Waals surface area contributed by atoms with Crippen molar-refractivity contribution in [1.29, 1.82) is 0 Å². The molecule has 0 aliphatic carbocycles. The van der Waals surface area contributed by atoms with E-state index in [1.54, 1.807) is 11.3 Å². The van der Waals surface area contributed by atoms with Crippen molar-refractivity contribution in [3.63, 3.8) is 0 Å². The topological polar surface area (TPSA) is 64.3 Å². The molecule has 22 heavy (non-hydrogen) atoms. The van der Waals surface area contributed by atoms with Gasteiger partial charge in [0.25, 0.3) is 0 Å². The zero-order valence-electron chi connectivity index (χ0n) is 12.7. The van der Waals surface area contributed by atoms with Gasteiger partial charge in [-0.2, -0.15) is 16.4 Å². The molecule has 3 rings (SSSR count). The summed E-state index contributed by atoms with van der Waals surface area (Å²) in [6.45, 7) is 4.53. The Hall–Kier alpha value is -1.70. The lowest BCUT2D eigenvalue weighted by molar-refractivity contribution is -0.132. The van der Waals surface area contributed by atoms with Gasteiger partial charge in [0.05, 0.1) is 18.4 Å². The molecule has 0 bridgehead atoms. The van der Waals surface area contributed by atoms with Crippen LogP contribution in [-0.4, -0.2) is 65.7 Å². The highest BCUT2D eigenvalue weighted by molar-refractivity contribution is 7.08. The molecule has 0 radical (unpaired) electrons. The number of rotatable bonds is 5. The molecule has 0 spiro atoms. The van der Waals surface area contributed by atoms with Gasteiger partial charge in [-0.05, 0) is 18.5 Å². The van der Waals surface area contributed by atoms with Crippen LogP contribution in [0.15, 0.2) is 23.0 Å². The Balaban J connectivity index is 1.59. The first kappa shape index (κ1) is 15.2. The molecule has 1 amide bonds. The van der Waals surface area contributed by atoms with Crippen molar-refractivity contribution in [2.24, 2.45) is 0 Å². The van der Waals surface area contributed by atoms with Crippen molar-refractivity contribution in [3.8, 4) is 11.3 Å².